The number of hydrogen-bond acceptors (Lipinski definition) is 3. The predicted octanol–water partition coefficient (Wildman–Crippen LogP) is 3.12. The van der Waals surface area contributed by atoms with E-state index >= 15 is 0 Å². The first-order valence-electron chi connectivity index (χ1n) is 6.88. The average molecular weight is 290 g/mol. The van der Waals surface area contributed by atoms with Gasteiger partial charge in [0.2, 0.25) is 0 Å². The Bertz CT molecular complexity index is 666. The highest BCUT2D eigenvalue weighted by atomic mass is 35.5. The van der Waals surface area contributed by atoms with Gasteiger partial charge in [-0.1, -0.05) is 0 Å². The number of alkyl halides is 1. The molecule has 5 heteroatoms. The van der Waals surface area contributed by atoms with Crippen molar-refractivity contribution in [2.24, 2.45) is 0 Å². The molecule has 0 spiro atoms. The monoisotopic (exact) mass is 289 g/mol. The van der Waals surface area contributed by atoms with Gasteiger partial charge in [0.1, 0.15) is 5.82 Å². The molecule has 4 nitrogen and oxygen atoms in total. The molecular formula is C15H16ClN3O. The molecule has 1 fully saturated rings. The topological polar surface area (TPSA) is 61.8 Å². The summed E-state index contributed by atoms with van der Waals surface area (Å²) < 4.78 is 2.19. The summed E-state index contributed by atoms with van der Waals surface area (Å²) in [4.78, 5) is 4.55. The Morgan fingerprint density at radius 2 is 2.10 bits per heavy atom. The molecule has 1 heterocycles. The number of hydrogen-bond donors (Lipinski definition) is 1. The number of imidazole rings is 1. The van der Waals surface area contributed by atoms with E-state index in [2.05, 4.69) is 15.6 Å². The van der Waals surface area contributed by atoms with Crippen molar-refractivity contribution in [1.82, 2.24) is 9.55 Å². The summed E-state index contributed by atoms with van der Waals surface area (Å²) >= 11 is 6.03. The van der Waals surface area contributed by atoms with Crippen LogP contribution in [-0.2, 0) is 5.88 Å². The number of aliphatic hydroxyl groups is 1. The van der Waals surface area contributed by atoms with Crippen molar-refractivity contribution in [3.05, 3.63) is 29.6 Å². The fraction of sp³-hybridized carbons (Fsp3) is 0.467. The van der Waals surface area contributed by atoms with Gasteiger partial charge in [0.25, 0.3) is 0 Å². The number of benzene rings is 1. The summed E-state index contributed by atoms with van der Waals surface area (Å²) in [5.74, 6) is 1.20. The number of rotatable bonds is 2. The van der Waals surface area contributed by atoms with E-state index < -0.39 is 0 Å². The van der Waals surface area contributed by atoms with Gasteiger partial charge in [-0.15, -0.1) is 11.6 Å². The molecule has 1 aliphatic carbocycles. The molecular weight excluding hydrogens is 274 g/mol. The lowest BCUT2D eigenvalue weighted by molar-refractivity contribution is 0.111. The summed E-state index contributed by atoms with van der Waals surface area (Å²) in [5.41, 5.74) is 2.47. The van der Waals surface area contributed by atoms with Crippen molar-refractivity contribution < 1.29 is 5.11 Å². The second-order valence-electron chi connectivity index (χ2n) is 5.31. The third-order valence-electron chi connectivity index (χ3n) is 4.04. The Morgan fingerprint density at radius 3 is 2.75 bits per heavy atom. The van der Waals surface area contributed by atoms with E-state index in [4.69, 9.17) is 16.9 Å². The zero-order valence-electron chi connectivity index (χ0n) is 11.1. The van der Waals surface area contributed by atoms with Crippen molar-refractivity contribution in [3.63, 3.8) is 0 Å². The first-order chi connectivity index (χ1) is 9.72. The molecule has 1 N–H and O–H groups in total. The van der Waals surface area contributed by atoms with Crippen LogP contribution < -0.4 is 0 Å². The SMILES string of the molecule is N#Cc1ccc2c(c1)nc(CCl)n2C1CCC(O)CC1. The fourth-order valence-corrected chi connectivity index (χ4v) is 3.22. The van der Waals surface area contributed by atoms with Crippen molar-refractivity contribution in [2.45, 2.75) is 43.7 Å². The molecule has 0 bridgehead atoms. The average Bonchev–Trinajstić information content (AvgIpc) is 2.85. The van der Waals surface area contributed by atoms with E-state index in [1.807, 2.05) is 12.1 Å². The Balaban J connectivity index is 2.06. The quantitative estimate of drug-likeness (QED) is 0.864. The summed E-state index contributed by atoms with van der Waals surface area (Å²) in [6, 6.07) is 8.04. The Hall–Kier alpha value is -1.57. The zero-order chi connectivity index (χ0) is 14.1. The molecule has 2 aromatic rings. The molecule has 20 heavy (non-hydrogen) atoms. The molecule has 104 valence electrons. The molecule has 0 amide bonds. The van der Waals surface area contributed by atoms with Gasteiger partial charge in [-0.3, -0.25) is 0 Å². The minimum atomic E-state index is -0.175. The highest BCUT2D eigenvalue weighted by Gasteiger charge is 2.24. The summed E-state index contributed by atoms with van der Waals surface area (Å²) in [6.07, 6.45) is 3.35. The lowest BCUT2D eigenvalue weighted by Crippen LogP contribution is -2.22. The molecule has 0 atom stereocenters. The molecule has 0 saturated heterocycles. The van der Waals surface area contributed by atoms with Crippen LogP contribution in [0.2, 0.25) is 0 Å². The van der Waals surface area contributed by atoms with Gasteiger partial charge in [0.05, 0.1) is 34.7 Å². The van der Waals surface area contributed by atoms with Crippen LogP contribution >= 0.6 is 11.6 Å². The molecule has 1 aromatic carbocycles. The number of aromatic nitrogens is 2. The van der Waals surface area contributed by atoms with E-state index in [9.17, 15) is 5.11 Å². The van der Waals surface area contributed by atoms with Gasteiger partial charge in [-0.2, -0.15) is 5.26 Å². The molecule has 3 rings (SSSR count). The van der Waals surface area contributed by atoms with E-state index in [1.54, 1.807) is 6.07 Å². The molecule has 0 aliphatic heterocycles. The summed E-state index contributed by atoms with van der Waals surface area (Å²) in [5, 5.41) is 18.6. The minimum absolute atomic E-state index is 0.175. The lowest BCUT2D eigenvalue weighted by atomic mass is 9.92. The van der Waals surface area contributed by atoms with Gasteiger partial charge in [-0.05, 0) is 43.9 Å². The van der Waals surface area contributed by atoms with Crippen LogP contribution in [0, 0.1) is 11.3 Å². The van der Waals surface area contributed by atoms with Crippen LogP contribution in [0.1, 0.15) is 43.1 Å². The van der Waals surface area contributed by atoms with Crippen molar-refractivity contribution >= 4 is 22.6 Å². The van der Waals surface area contributed by atoms with E-state index in [0.717, 1.165) is 42.5 Å². The predicted molar refractivity (Wildman–Crippen MR) is 77.5 cm³/mol. The third kappa shape index (κ3) is 2.28. The van der Waals surface area contributed by atoms with Crippen LogP contribution in [0.5, 0.6) is 0 Å². The maximum Gasteiger partial charge on any atom is 0.125 e. The normalized spacial score (nSPS) is 22.9. The maximum absolute atomic E-state index is 9.65. The van der Waals surface area contributed by atoms with E-state index in [0.29, 0.717) is 17.5 Å². The van der Waals surface area contributed by atoms with Crippen LogP contribution in [0.4, 0.5) is 0 Å². The smallest absolute Gasteiger partial charge is 0.125 e. The van der Waals surface area contributed by atoms with Gasteiger partial charge in [-0.25, -0.2) is 4.98 Å². The van der Waals surface area contributed by atoms with Crippen molar-refractivity contribution in [2.75, 3.05) is 0 Å². The number of nitriles is 1. The summed E-state index contributed by atoms with van der Waals surface area (Å²) in [7, 11) is 0. The Kier molecular flexibility index (Phi) is 3.64. The first-order valence-corrected chi connectivity index (χ1v) is 7.41. The Morgan fingerprint density at radius 1 is 1.35 bits per heavy atom. The fourth-order valence-electron chi connectivity index (χ4n) is 3.04. The largest absolute Gasteiger partial charge is 0.393 e. The second kappa shape index (κ2) is 5.43. The van der Waals surface area contributed by atoms with Crippen LogP contribution in [-0.4, -0.2) is 20.8 Å². The van der Waals surface area contributed by atoms with Gasteiger partial charge >= 0.3 is 0 Å². The maximum atomic E-state index is 9.65. The molecule has 1 aromatic heterocycles. The van der Waals surface area contributed by atoms with Gasteiger partial charge in [0.15, 0.2) is 0 Å². The Labute approximate surface area is 122 Å². The highest BCUT2D eigenvalue weighted by molar-refractivity contribution is 6.16. The molecule has 1 saturated carbocycles. The first kappa shape index (κ1) is 13.4. The van der Waals surface area contributed by atoms with E-state index in [1.165, 1.54) is 0 Å². The molecule has 0 radical (unpaired) electrons. The van der Waals surface area contributed by atoms with E-state index in [-0.39, 0.29) is 6.10 Å². The standard InChI is InChI=1S/C15H16ClN3O/c16-8-15-18-13-7-10(9-17)1-6-14(13)19(15)11-2-4-12(20)5-3-11/h1,6-7,11-12,20H,2-5,8H2. The van der Waals surface area contributed by atoms with Gasteiger partial charge < -0.3 is 9.67 Å². The van der Waals surface area contributed by atoms with Crippen LogP contribution in [0.15, 0.2) is 18.2 Å². The minimum Gasteiger partial charge on any atom is -0.393 e. The van der Waals surface area contributed by atoms with Crippen LogP contribution in [0.25, 0.3) is 11.0 Å². The number of fused-ring (bicyclic) bond motifs is 1. The zero-order valence-corrected chi connectivity index (χ0v) is 11.8. The second-order valence-corrected chi connectivity index (χ2v) is 5.58. The van der Waals surface area contributed by atoms with Crippen LogP contribution in [0.3, 0.4) is 0 Å². The number of aliphatic hydroxyl groups excluding tert-OH is 1. The molecule has 1 aliphatic rings. The van der Waals surface area contributed by atoms with Crippen molar-refractivity contribution in [1.29, 1.82) is 5.26 Å². The third-order valence-corrected chi connectivity index (χ3v) is 4.28. The summed E-state index contributed by atoms with van der Waals surface area (Å²) in [6.45, 7) is 0. The molecule has 0 unspecified atom stereocenters. The lowest BCUT2D eigenvalue weighted by Gasteiger charge is -2.28. The number of halogens is 1. The highest BCUT2D eigenvalue weighted by Crippen LogP contribution is 2.33. The van der Waals surface area contributed by atoms with Gasteiger partial charge in [0, 0.05) is 6.04 Å². The number of nitrogens with zero attached hydrogens (tertiary/aromatic N) is 3. The van der Waals surface area contributed by atoms with Crippen molar-refractivity contribution in [3.8, 4) is 6.07 Å².